The maximum absolute atomic E-state index is 10.5. The second-order valence-corrected chi connectivity index (χ2v) is 2.24. The number of carboxylic acids is 2. The molecule has 1 radical (unpaired) electrons. The molecule has 0 unspecified atom stereocenters. The third kappa shape index (κ3) is 1.58. The largest absolute Gasteiger partial charge is 0.507 e. The molecular formula is C8H5O5. The Kier molecular flexibility index (Phi) is 2.19. The molecule has 0 atom stereocenters. The zero-order valence-electron chi connectivity index (χ0n) is 6.31. The summed E-state index contributed by atoms with van der Waals surface area (Å²) in [6, 6.07) is 4.30. The van der Waals surface area contributed by atoms with Gasteiger partial charge in [-0.25, -0.2) is 9.59 Å². The average molecular weight is 181 g/mol. The van der Waals surface area contributed by atoms with E-state index in [2.05, 4.69) is 6.07 Å². The van der Waals surface area contributed by atoms with Crippen LogP contribution in [0.2, 0.25) is 0 Å². The zero-order chi connectivity index (χ0) is 10.0. The molecule has 13 heavy (non-hydrogen) atoms. The molecule has 1 rings (SSSR count). The second-order valence-electron chi connectivity index (χ2n) is 2.24. The van der Waals surface area contributed by atoms with Crippen LogP contribution in [-0.4, -0.2) is 27.3 Å². The van der Waals surface area contributed by atoms with Gasteiger partial charge in [-0.1, -0.05) is 0 Å². The first-order valence-corrected chi connectivity index (χ1v) is 3.23. The average Bonchev–Trinajstić information content (AvgIpc) is 2.02. The highest BCUT2D eigenvalue weighted by Crippen LogP contribution is 2.20. The third-order valence-corrected chi connectivity index (χ3v) is 1.42. The summed E-state index contributed by atoms with van der Waals surface area (Å²) in [5.74, 6) is -3.50. The van der Waals surface area contributed by atoms with Crippen LogP contribution in [0.25, 0.3) is 0 Å². The molecule has 0 aromatic heterocycles. The summed E-state index contributed by atoms with van der Waals surface area (Å²) >= 11 is 0. The van der Waals surface area contributed by atoms with E-state index in [0.29, 0.717) is 0 Å². The Balaban J connectivity index is 3.43. The standard InChI is InChI=1S/C8H5O5/c9-5-3-1-2-4(7(10)11)6(5)8(12)13/h2-3,9H,(H,10,11)(H,12,13). The first-order chi connectivity index (χ1) is 6.04. The third-order valence-electron chi connectivity index (χ3n) is 1.42. The highest BCUT2D eigenvalue weighted by molar-refractivity contribution is 6.03. The molecule has 0 spiro atoms. The van der Waals surface area contributed by atoms with Gasteiger partial charge in [0.15, 0.2) is 0 Å². The minimum Gasteiger partial charge on any atom is -0.507 e. The monoisotopic (exact) mass is 181 g/mol. The van der Waals surface area contributed by atoms with Crippen LogP contribution in [0.3, 0.4) is 0 Å². The van der Waals surface area contributed by atoms with Crippen molar-refractivity contribution in [3.8, 4) is 5.75 Å². The molecule has 5 nitrogen and oxygen atoms in total. The number of hydrogen-bond donors (Lipinski definition) is 3. The summed E-state index contributed by atoms with van der Waals surface area (Å²) in [4.78, 5) is 21.0. The van der Waals surface area contributed by atoms with Gasteiger partial charge in [-0.3, -0.25) is 0 Å². The summed E-state index contributed by atoms with van der Waals surface area (Å²) in [7, 11) is 0. The summed E-state index contributed by atoms with van der Waals surface area (Å²) in [6.07, 6.45) is 0. The van der Waals surface area contributed by atoms with E-state index >= 15 is 0 Å². The molecule has 0 aliphatic carbocycles. The van der Waals surface area contributed by atoms with Crippen LogP contribution in [-0.2, 0) is 0 Å². The zero-order valence-corrected chi connectivity index (χ0v) is 6.31. The molecular weight excluding hydrogens is 176 g/mol. The summed E-state index contributed by atoms with van der Waals surface area (Å²) in [6.45, 7) is 0. The van der Waals surface area contributed by atoms with Crippen molar-refractivity contribution in [3.05, 3.63) is 29.3 Å². The Labute approximate surface area is 72.9 Å². The smallest absolute Gasteiger partial charge is 0.340 e. The van der Waals surface area contributed by atoms with Gasteiger partial charge >= 0.3 is 11.9 Å². The molecule has 0 bridgehead atoms. The predicted octanol–water partition coefficient (Wildman–Crippen LogP) is 0.589. The van der Waals surface area contributed by atoms with Crippen LogP contribution in [0.5, 0.6) is 5.75 Å². The van der Waals surface area contributed by atoms with Gasteiger partial charge in [0.2, 0.25) is 0 Å². The number of benzene rings is 1. The Bertz CT molecular complexity index is 369. The van der Waals surface area contributed by atoms with E-state index in [0.717, 1.165) is 12.1 Å². The highest BCUT2D eigenvalue weighted by Gasteiger charge is 2.19. The Morgan fingerprint density at radius 3 is 2.15 bits per heavy atom. The summed E-state index contributed by atoms with van der Waals surface area (Å²) in [5, 5.41) is 26.1. The first-order valence-electron chi connectivity index (χ1n) is 3.23. The molecule has 0 saturated carbocycles. The number of rotatable bonds is 2. The van der Waals surface area contributed by atoms with E-state index in [1.54, 1.807) is 0 Å². The fourth-order valence-electron chi connectivity index (χ4n) is 0.880. The lowest BCUT2D eigenvalue weighted by molar-refractivity contribution is 0.0648. The molecule has 0 fully saturated rings. The molecule has 5 heteroatoms. The van der Waals surface area contributed by atoms with Crippen LogP contribution in [0.4, 0.5) is 0 Å². The number of phenols is 1. The molecule has 3 N–H and O–H groups in total. The lowest BCUT2D eigenvalue weighted by Crippen LogP contribution is -2.07. The maximum atomic E-state index is 10.5. The van der Waals surface area contributed by atoms with Crippen molar-refractivity contribution in [2.45, 2.75) is 0 Å². The van der Waals surface area contributed by atoms with E-state index in [9.17, 15) is 9.59 Å². The number of aromatic carboxylic acids is 2. The Morgan fingerprint density at radius 2 is 1.77 bits per heavy atom. The van der Waals surface area contributed by atoms with Crippen LogP contribution >= 0.6 is 0 Å². The molecule has 67 valence electrons. The van der Waals surface area contributed by atoms with Crippen LogP contribution in [0, 0.1) is 6.07 Å². The lowest BCUT2D eigenvalue weighted by atomic mass is 10.1. The predicted molar refractivity (Wildman–Crippen MR) is 40.9 cm³/mol. The number of carbonyl (C=O) groups is 2. The van der Waals surface area contributed by atoms with E-state index in [1.807, 2.05) is 0 Å². The van der Waals surface area contributed by atoms with Crippen LogP contribution in [0.15, 0.2) is 12.1 Å². The van der Waals surface area contributed by atoms with Crippen molar-refractivity contribution in [3.63, 3.8) is 0 Å². The summed E-state index contributed by atoms with van der Waals surface area (Å²) < 4.78 is 0. The molecule has 1 aromatic rings. The molecule has 0 aliphatic heterocycles. The molecule has 0 saturated heterocycles. The van der Waals surface area contributed by atoms with E-state index in [-0.39, 0.29) is 0 Å². The quantitative estimate of drug-likeness (QED) is 0.620. The maximum Gasteiger partial charge on any atom is 0.340 e. The fourth-order valence-corrected chi connectivity index (χ4v) is 0.880. The van der Waals surface area contributed by atoms with Gasteiger partial charge in [-0.05, 0) is 18.2 Å². The van der Waals surface area contributed by atoms with Crippen molar-refractivity contribution in [1.29, 1.82) is 0 Å². The van der Waals surface area contributed by atoms with Gasteiger partial charge in [-0.15, -0.1) is 0 Å². The number of aromatic hydroxyl groups is 1. The molecule has 0 amide bonds. The summed E-state index contributed by atoms with van der Waals surface area (Å²) in [5.41, 5.74) is -1.10. The number of hydrogen-bond acceptors (Lipinski definition) is 3. The number of carboxylic acid groups (broad SMARTS) is 2. The van der Waals surface area contributed by atoms with Crippen molar-refractivity contribution >= 4 is 11.9 Å². The Hall–Kier alpha value is -2.04. The minimum absolute atomic E-state index is 0.479. The normalized spacial score (nSPS) is 9.54. The van der Waals surface area contributed by atoms with Crippen molar-refractivity contribution in [1.82, 2.24) is 0 Å². The molecule has 0 heterocycles. The second kappa shape index (κ2) is 3.14. The molecule has 0 aliphatic rings. The van der Waals surface area contributed by atoms with E-state index < -0.39 is 28.8 Å². The lowest BCUT2D eigenvalue weighted by Gasteiger charge is -2.02. The van der Waals surface area contributed by atoms with Crippen molar-refractivity contribution in [2.24, 2.45) is 0 Å². The van der Waals surface area contributed by atoms with Gasteiger partial charge in [0, 0.05) is 0 Å². The van der Waals surface area contributed by atoms with Gasteiger partial charge < -0.3 is 15.3 Å². The van der Waals surface area contributed by atoms with Gasteiger partial charge in [0.25, 0.3) is 0 Å². The van der Waals surface area contributed by atoms with Gasteiger partial charge in [0.1, 0.15) is 11.3 Å². The highest BCUT2D eigenvalue weighted by atomic mass is 16.4. The van der Waals surface area contributed by atoms with E-state index in [1.165, 1.54) is 0 Å². The van der Waals surface area contributed by atoms with E-state index in [4.69, 9.17) is 15.3 Å². The Morgan fingerprint density at radius 1 is 1.15 bits per heavy atom. The van der Waals surface area contributed by atoms with Gasteiger partial charge in [-0.2, -0.15) is 0 Å². The van der Waals surface area contributed by atoms with Crippen LogP contribution < -0.4 is 0 Å². The molecule has 1 aromatic carbocycles. The topological polar surface area (TPSA) is 94.8 Å². The van der Waals surface area contributed by atoms with Crippen molar-refractivity contribution < 1.29 is 24.9 Å². The SMILES string of the molecule is O=C(O)c1c[c]cc(O)c1C(=O)O. The van der Waals surface area contributed by atoms with Crippen LogP contribution in [0.1, 0.15) is 20.7 Å². The van der Waals surface area contributed by atoms with Crippen molar-refractivity contribution in [2.75, 3.05) is 0 Å². The minimum atomic E-state index is -1.48. The first kappa shape index (κ1) is 9.05. The van der Waals surface area contributed by atoms with Gasteiger partial charge in [0.05, 0.1) is 5.56 Å². The fraction of sp³-hybridized carbons (Fsp3) is 0.